The Kier molecular flexibility index (Phi) is 2.64. The van der Waals surface area contributed by atoms with Gasteiger partial charge >= 0.3 is 0 Å². The number of benzene rings is 1. The summed E-state index contributed by atoms with van der Waals surface area (Å²) in [6.45, 7) is 0. The Labute approximate surface area is 112 Å². The van der Waals surface area contributed by atoms with Gasteiger partial charge in [0.05, 0.1) is 10.9 Å². The van der Waals surface area contributed by atoms with Gasteiger partial charge in [0.2, 0.25) is 0 Å². The summed E-state index contributed by atoms with van der Waals surface area (Å²) < 4.78 is 10.3. The van der Waals surface area contributed by atoms with Gasteiger partial charge in [-0.2, -0.15) is 0 Å². The third kappa shape index (κ3) is 2.02. The zero-order valence-electron chi connectivity index (χ0n) is 9.51. The molecule has 0 spiro atoms. The summed E-state index contributed by atoms with van der Waals surface area (Å²) in [5.41, 5.74) is 0.485. The van der Waals surface area contributed by atoms with E-state index in [1.807, 2.05) is 0 Å². The zero-order valence-corrected chi connectivity index (χ0v) is 10.3. The van der Waals surface area contributed by atoms with Gasteiger partial charge in [0.15, 0.2) is 11.2 Å². The molecule has 1 N–H and O–H groups in total. The van der Waals surface area contributed by atoms with Crippen LogP contribution in [0.5, 0.6) is 0 Å². The van der Waals surface area contributed by atoms with E-state index in [-0.39, 0.29) is 21.9 Å². The second-order valence-electron chi connectivity index (χ2n) is 3.87. The topological polar surface area (TPSA) is 68.5 Å². The SMILES string of the molecule is O=C1NC(=S)O/C1=C/c1coc2ccccc2c1=O. The summed E-state index contributed by atoms with van der Waals surface area (Å²) >= 11 is 4.70. The molecule has 3 rings (SSSR count). The summed E-state index contributed by atoms with van der Waals surface area (Å²) in [5.74, 6) is -0.495. The second kappa shape index (κ2) is 4.33. The summed E-state index contributed by atoms with van der Waals surface area (Å²) in [6, 6.07) is 6.87. The van der Waals surface area contributed by atoms with Gasteiger partial charge in [-0.15, -0.1) is 0 Å². The van der Waals surface area contributed by atoms with Crippen molar-refractivity contribution in [3.8, 4) is 0 Å². The van der Waals surface area contributed by atoms with Crippen LogP contribution in [0.25, 0.3) is 17.0 Å². The number of nitrogens with one attached hydrogen (secondary N) is 1. The number of rotatable bonds is 1. The molecule has 0 radical (unpaired) electrons. The van der Waals surface area contributed by atoms with Crippen LogP contribution in [0.3, 0.4) is 0 Å². The van der Waals surface area contributed by atoms with Gasteiger partial charge in [-0.05, 0) is 24.4 Å². The molecule has 19 heavy (non-hydrogen) atoms. The van der Waals surface area contributed by atoms with Gasteiger partial charge in [0.1, 0.15) is 11.8 Å². The van der Waals surface area contributed by atoms with Crippen molar-refractivity contribution in [1.29, 1.82) is 0 Å². The molecule has 5 nitrogen and oxygen atoms in total. The van der Waals surface area contributed by atoms with Crippen LogP contribution in [0.2, 0.25) is 0 Å². The maximum atomic E-state index is 12.2. The van der Waals surface area contributed by atoms with Crippen LogP contribution in [-0.4, -0.2) is 11.1 Å². The molecule has 1 aromatic carbocycles. The van der Waals surface area contributed by atoms with E-state index in [1.54, 1.807) is 24.3 Å². The first-order valence-corrected chi connectivity index (χ1v) is 5.81. The third-order valence-corrected chi connectivity index (χ3v) is 2.82. The number of carbonyl (C=O) groups excluding carboxylic acids is 1. The highest BCUT2D eigenvalue weighted by atomic mass is 32.1. The predicted octanol–water partition coefficient (Wildman–Crippen LogP) is 1.57. The lowest BCUT2D eigenvalue weighted by Gasteiger charge is -1.98. The minimum atomic E-state index is -0.474. The molecule has 1 aliphatic heterocycles. The lowest BCUT2D eigenvalue weighted by atomic mass is 10.1. The molecule has 1 fully saturated rings. The first-order chi connectivity index (χ1) is 9.15. The predicted molar refractivity (Wildman–Crippen MR) is 72.3 cm³/mol. The van der Waals surface area contributed by atoms with E-state index >= 15 is 0 Å². The molecule has 6 heteroatoms. The number of para-hydroxylation sites is 1. The Morgan fingerprint density at radius 1 is 1.21 bits per heavy atom. The standard InChI is InChI=1S/C13H7NO4S/c15-11-7(5-10-12(16)14-13(19)18-10)6-17-9-4-2-1-3-8(9)11/h1-6H,(H,14,16,19)/b10-5+. The molecule has 1 saturated heterocycles. The van der Waals surface area contributed by atoms with Crippen molar-refractivity contribution in [3.63, 3.8) is 0 Å². The first kappa shape index (κ1) is 11.6. The number of carbonyl (C=O) groups is 1. The Morgan fingerprint density at radius 3 is 2.74 bits per heavy atom. The molecular formula is C13H7NO4S. The fourth-order valence-corrected chi connectivity index (χ4v) is 1.94. The number of hydrogen-bond acceptors (Lipinski definition) is 5. The fourth-order valence-electron chi connectivity index (χ4n) is 1.75. The number of fused-ring (bicyclic) bond motifs is 1. The maximum Gasteiger partial charge on any atom is 0.294 e. The van der Waals surface area contributed by atoms with E-state index in [4.69, 9.17) is 21.4 Å². The summed E-state index contributed by atoms with van der Waals surface area (Å²) in [7, 11) is 0. The Bertz CT molecular complexity index is 791. The van der Waals surface area contributed by atoms with Crippen molar-refractivity contribution in [1.82, 2.24) is 5.32 Å². The highest BCUT2D eigenvalue weighted by Gasteiger charge is 2.23. The van der Waals surface area contributed by atoms with Crippen molar-refractivity contribution in [3.05, 3.63) is 52.1 Å². The van der Waals surface area contributed by atoms with Gasteiger partial charge in [-0.25, -0.2) is 0 Å². The van der Waals surface area contributed by atoms with Gasteiger partial charge in [0, 0.05) is 6.08 Å². The van der Waals surface area contributed by atoms with Crippen LogP contribution in [0, 0.1) is 0 Å². The summed E-state index contributed by atoms with van der Waals surface area (Å²) in [4.78, 5) is 23.6. The van der Waals surface area contributed by atoms with Crippen molar-refractivity contribution in [2.75, 3.05) is 0 Å². The van der Waals surface area contributed by atoms with E-state index in [0.29, 0.717) is 11.0 Å². The summed E-state index contributed by atoms with van der Waals surface area (Å²) in [6.07, 6.45) is 2.60. The van der Waals surface area contributed by atoms with Crippen LogP contribution < -0.4 is 10.7 Å². The maximum absolute atomic E-state index is 12.2. The molecule has 0 unspecified atom stereocenters. The first-order valence-electron chi connectivity index (χ1n) is 5.40. The zero-order chi connectivity index (χ0) is 13.4. The summed E-state index contributed by atoms with van der Waals surface area (Å²) in [5, 5.41) is 2.73. The van der Waals surface area contributed by atoms with Crippen LogP contribution in [0.15, 0.2) is 45.5 Å². The van der Waals surface area contributed by atoms with Gasteiger partial charge in [0.25, 0.3) is 11.1 Å². The Balaban J connectivity index is 2.14. The number of hydrogen-bond donors (Lipinski definition) is 1. The second-order valence-corrected chi connectivity index (χ2v) is 4.24. The van der Waals surface area contributed by atoms with Gasteiger partial charge in [-0.3, -0.25) is 14.9 Å². The molecule has 2 heterocycles. The molecule has 0 saturated carbocycles. The van der Waals surface area contributed by atoms with Crippen molar-refractivity contribution in [2.45, 2.75) is 0 Å². The van der Waals surface area contributed by atoms with Crippen LogP contribution in [0.1, 0.15) is 5.56 Å². The fraction of sp³-hybridized carbons (Fsp3) is 0. The van der Waals surface area contributed by atoms with Crippen LogP contribution in [-0.2, 0) is 9.53 Å². The molecule has 1 amide bonds. The Hall–Kier alpha value is -2.47. The minimum absolute atomic E-state index is 0.0208. The average molecular weight is 273 g/mol. The van der Waals surface area contributed by atoms with Crippen LogP contribution >= 0.6 is 12.2 Å². The molecular weight excluding hydrogens is 266 g/mol. The number of thiocarbonyl (C=S) groups is 1. The van der Waals surface area contributed by atoms with E-state index < -0.39 is 5.91 Å². The number of ether oxygens (including phenoxy) is 1. The van der Waals surface area contributed by atoms with E-state index in [9.17, 15) is 9.59 Å². The van der Waals surface area contributed by atoms with Crippen molar-refractivity contribution in [2.24, 2.45) is 0 Å². The minimum Gasteiger partial charge on any atom is -0.463 e. The molecule has 1 aliphatic rings. The lowest BCUT2D eigenvalue weighted by Crippen LogP contribution is -2.18. The lowest BCUT2D eigenvalue weighted by molar-refractivity contribution is -0.116. The van der Waals surface area contributed by atoms with E-state index in [2.05, 4.69) is 5.32 Å². The highest BCUT2D eigenvalue weighted by Crippen LogP contribution is 2.14. The third-order valence-electron chi connectivity index (χ3n) is 2.64. The number of amides is 1. The van der Waals surface area contributed by atoms with Crippen molar-refractivity contribution >= 4 is 40.3 Å². The molecule has 94 valence electrons. The van der Waals surface area contributed by atoms with Gasteiger partial charge in [-0.1, -0.05) is 12.1 Å². The molecule has 0 bridgehead atoms. The van der Waals surface area contributed by atoms with Crippen LogP contribution in [0.4, 0.5) is 0 Å². The van der Waals surface area contributed by atoms with E-state index in [1.165, 1.54) is 12.3 Å². The monoisotopic (exact) mass is 273 g/mol. The van der Waals surface area contributed by atoms with Crippen molar-refractivity contribution < 1.29 is 13.9 Å². The normalized spacial score (nSPS) is 16.7. The molecule has 0 atom stereocenters. The molecule has 1 aromatic heterocycles. The largest absolute Gasteiger partial charge is 0.463 e. The smallest absolute Gasteiger partial charge is 0.294 e. The average Bonchev–Trinajstić information content (AvgIpc) is 2.72. The highest BCUT2D eigenvalue weighted by molar-refractivity contribution is 7.80. The molecule has 0 aliphatic carbocycles. The van der Waals surface area contributed by atoms with E-state index in [0.717, 1.165) is 0 Å². The molecule has 2 aromatic rings. The quantitative estimate of drug-likeness (QED) is 0.631. The van der Waals surface area contributed by atoms with Gasteiger partial charge < -0.3 is 9.15 Å². The Morgan fingerprint density at radius 2 is 2.00 bits per heavy atom.